The number of carbonyl (C=O) groups is 2. The van der Waals surface area contributed by atoms with Gasteiger partial charge >= 0.3 is 5.97 Å². The summed E-state index contributed by atoms with van der Waals surface area (Å²) < 4.78 is 10.7. The van der Waals surface area contributed by atoms with Crippen molar-refractivity contribution in [2.45, 2.75) is 18.6 Å². The average Bonchev–Trinajstić information content (AvgIpc) is 2.89. The van der Waals surface area contributed by atoms with Gasteiger partial charge in [0.1, 0.15) is 5.25 Å². The van der Waals surface area contributed by atoms with Crippen LogP contribution in [0.25, 0.3) is 0 Å². The molecule has 8 nitrogen and oxygen atoms in total. The number of halogens is 1. The highest BCUT2D eigenvalue weighted by molar-refractivity contribution is 8.15. The Kier molecular flexibility index (Phi) is 6.65. The normalized spacial score (nSPS) is 18.6. The molecule has 10 heteroatoms. The summed E-state index contributed by atoms with van der Waals surface area (Å²) in [5, 5.41) is 18.9. The smallest absolute Gasteiger partial charge is 0.305 e. The number of rotatable bonds is 7. The number of carboxylic acids is 1. The van der Waals surface area contributed by atoms with Crippen LogP contribution in [0.2, 0.25) is 5.02 Å². The van der Waals surface area contributed by atoms with Crippen LogP contribution in [0, 0.1) is 0 Å². The van der Waals surface area contributed by atoms with Crippen molar-refractivity contribution in [2.75, 3.05) is 13.7 Å². The minimum atomic E-state index is -1.05. The minimum absolute atomic E-state index is 0.238. The zero-order chi connectivity index (χ0) is 18.4. The molecule has 1 unspecified atom stereocenters. The van der Waals surface area contributed by atoms with Crippen molar-refractivity contribution in [1.82, 2.24) is 5.32 Å². The molecule has 0 saturated carbocycles. The number of nitrogens with zero attached hydrogens (tertiary/aromatic N) is 2. The highest BCUT2D eigenvalue weighted by Gasteiger charge is 2.32. The average molecular weight is 386 g/mol. The van der Waals surface area contributed by atoms with E-state index in [1.54, 1.807) is 12.1 Å². The molecule has 0 aromatic heterocycles. The summed E-state index contributed by atoms with van der Waals surface area (Å²) in [6.07, 6.45) is 1.13. The number of hydrogen-bond acceptors (Lipinski definition) is 7. The zero-order valence-electron chi connectivity index (χ0n) is 13.5. The van der Waals surface area contributed by atoms with Crippen molar-refractivity contribution < 1.29 is 24.2 Å². The molecule has 2 N–H and O–H groups in total. The maximum Gasteiger partial charge on any atom is 0.305 e. The molecule has 1 fully saturated rings. The van der Waals surface area contributed by atoms with Crippen LogP contribution in [0.15, 0.2) is 22.3 Å². The van der Waals surface area contributed by atoms with E-state index in [0.717, 1.165) is 11.8 Å². The van der Waals surface area contributed by atoms with E-state index in [4.69, 9.17) is 26.2 Å². The van der Waals surface area contributed by atoms with E-state index in [-0.39, 0.29) is 11.6 Å². The van der Waals surface area contributed by atoms with Crippen molar-refractivity contribution in [3.63, 3.8) is 0 Å². The number of thioether (sulfide) groups is 1. The highest BCUT2D eigenvalue weighted by atomic mass is 35.5. The maximum absolute atomic E-state index is 11.6. The van der Waals surface area contributed by atoms with Gasteiger partial charge in [-0.3, -0.25) is 9.59 Å². The molecular formula is C15H16ClN3O5S. The van der Waals surface area contributed by atoms with Crippen molar-refractivity contribution in [3.8, 4) is 11.5 Å². The van der Waals surface area contributed by atoms with Crippen LogP contribution in [-0.4, -0.2) is 47.3 Å². The second kappa shape index (κ2) is 8.72. The number of amidine groups is 1. The van der Waals surface area contributed by atoms with Crippen LogP contribution >= 0.6 is 23.4 Å². The molecule has 0 aliphatic carbocycles. The second-order valence-electron chi connectivity index (χ2n) is 4.80. The fourth-order valence-electron chi connectivity index (χ4n) is 1.97. The Morgan fingerprint density at radius 1 is 1.48 bits per heavy atom. The third-order valence-corrected chi connectivity index (χ3v) is 4.46. The molecule has 1 atom stereocenters. The number of ether oxygens (including phenoxy) is 2. The van der Waals surface area contributed by atoms with Gasteiger partial charge in [-0.15, -0.1) is 5.10 Å². The minimum Gasteiger partial charge on any atom is -0.493 e. The molecule has 0 spiro atoms. The summed E-state index contributed by atoms with van der Waals surface area (Å²) in [6, 6.07) is 3.28. The first-order valence-corrected chi connectivity index (χ1v) is 8.51. The topological polar surface area (TPSA) is 110 Å². The first-order chi connectivity index (χ1) is 11.9. The summed E-state index contributed by atoms with van der Waals surface area (Å²) in [5.74, 6) is -0.424. The number of hydrogen-bond donors (Lipinski definition) is 2. The predicted octanol–water partition coefficient (Wildman–Crippen LogP) is 2.14. The monoisotopic (exact) mass is 385 g/mol. The summed E-state index contributed by atoms with van der Waals surface area (Å²) >= 11 is 7.18. The van der Waals surface area contributed by atoms with Crippen molar-refractivity contribution in [3.05, 3.63) is 22.7 Å². The number of carboxylic acid groups (broad SMARTS) is 1. The van der Waals surface area contributed by atoms with E-state index in [2.05, 4.69) is 15.5 Å². The molecular weight excluding hydrogens is 370 g/mol. The molecule has 0 radical (unpaired) electrons. The lowest BCUT2D eigenvalue weighted by Gasteiger charge is -2.10. The highest BCUT2D eigenvalue weighted by Crippen LogP contribution is 2.32. The number of aliphatic carboxylic acids is 1. The van der Waals surface area contributed by atoms with Gasteiger partial charge in [-0.2, -0.15) is 5.10 Å². The third kappa shape index (κ3) is 5.10. The van der Waals surface area contributed by atoms with Crippen LogP contribution in [0.1, 0.15) is 18.9 Å². The molecule has 1 aliphatic rings. The molecule has 2 rings (SSSR count). The maximum atomic E-state index is 11.6. The van der Waals surface area contributed by atoms with Crippen molar-refractivity contribution >= 4 is 46.6 Å². The number of carbonyl (C=O) groups excluding carboxylic acids is 1. The number of amides is 1. The Morgan fingerprint density at radius 3 is 2.88 bits per heavy atom. The summed E-state index contributed by atoms with van der Waals surface area (Å²) in [7, 11) is 1.52. The Morgan fingerprint density at radius 2 is 2.24 bits per heavy atom. The van der Waals surface area contributed by atoms with Crippen LogP contribution in [0.5, 0.6) is 11.5 Å². The predicted molar refractivity (Wildman–Crippen MR) is 96.0 cm³/mol. The van der Waals surface area contributed by atoms with E-state index in [1.807, 2.05) is 6.92 Å². The van der Waals surface area contributed by atoms with E-state index < -0.39 is 17.1 Å². The fourth-order valence-corrected chi connectivity index (χ4v) is 3.08. The van der Waals surface area contributed by atoms with Crippen molar-refractivity contribution in [1.29, 1.82) is 0 Å². The van der Waals surface area contributed by atoms with Gasteiger partial charge in [-0.1, -0.05) is 23.4 Å². The van der Waals surface area contributed by atoms with Crippen molar-refractivity contribution in [2.24, 2.45) is 10.2 Å². The van der Waals surface area contributed by atoms with Crippen LogP contribution in [0.4, 0.5) is 0 Å². The number of nitrogens with one attached hydrogen (secondary N) is 1. The zero-order valence-corrected chi connectivity index (χ0v) is 15.1. The lowest BCUT2D eigenvalue weighted by molar-refractivity contribution is -0.138. The van der Waals surface area contributed by atoms with E-state index in [1.165, 1.54) is 13.3 Å². The van der Waals surface area contributed by atoms with E-state index in [0.29, 0.717) is 28.7 Å². The van der Waals surface area contributed by atoms with Crippen LogP contribution in [0.3, 0.4) is 0 Å². The van der Waals surface area contributed by atoms with Gasteiger partial charge in [0.25, 0.3) is 0 Å². The number of benzene rings is 1. The number of methoxy groups -OCH3 is 1. The second-order valence-corrected chi connectivity index (χ2v) is 6.40. The van der Waals surface area contributed by atoms with Gasteiger partial charge in [0.15, 0.2) is 16.7 Å². The molecule has 25 heavy (non-hydrogen) atoms. The van der Waals surface area contributed by atoms with Gasteiger partial charge in [-0.25, -0.2) is 0 Å². The fraction of sp³-hybridized carbons (Fsp3) is 0.333. The first-order valence-electron chi connectivity index (χ1n) is 7.25. The van der Waals surface area contributed by atoms with Gasteiger partial charge in [-0.05, 0) is 13.0 Å². The molecule has 1 aromatic carbocycles. The molecule has 1 saturated heterocycles. The van der Waals surface area contributed by atoms with E-state index >= 15 is 0 Å². The largest absolute Gasteiger partial charge is 0.493 e. The molecule has 1 amide bonds. The molecule has 0 bridgehead atoms. The standard InChI is InChI=1S/C15H16ClN3O5S/c1-3-24-11-4-8(9(16)5-10(11)23-2)7-17-19-15-18-14(22)12(25-15)6-13(20)21/h4-5,7,12H,3,6H2,1-2H3,(H,20,21)(H,18,19,22). The van der Waals surface area contributed by atoms with E-state index in [9.17, 15) is 9.59 Å². The Hall–Kier alpha value is -2.26. The Balaban J connectivity index is 2.13. The molecule has 134 valence electrons. The van der Waals surface area contributed by atoms with Gasteiger partial charge in [0.05, 0.1) is 31.4 Å². The molecule has 1 aromatic rings. The SMILES string of the molecule is CCOc1cc(C=NN=C2NC(=O)C(CC(=O)O)S2)c(Cl)cc1OC. The Bertz CT molecular complexity index is 738. The molecule has 1 heterocycles. The lowest BCUT2D eigenvalue weighted by atomic mass is 10.2. The summed E-state index contributed by atoms with van der Waals surface area (Å²) in [5.41, 5.74) is 0.562. The quantitative estimate of drug-likeness (QED) is 0.549. The van der Waals surface area contributed by atoms with Crippen LogP contribution in [-0.2, 0) is 9.59 Å². The Labute approximate surface area is 153 Å². The third-order valence-electron chi connectivity index (χ3n) is 3.06. The molecule has 1 aliphatic heterocycles. The van der Waals surface area contributed by atoms with Gasteiger partial charge in [0, 0.05) is 11.6 Å². The van der Waals surface area contributed by atoms with Gasteiger partial charge in [0.2, 0.25) is 5.91 Å². The van der Waals surface area contributed by atoms with Gasteiger partial charge < -0.3 is 19.9 Å². The first kappa shape index (κ1) is 19.1. The summed E-state index contributed by atoms with van der Waals surface area (Å²) in [4.78, 5) is 22.3. The van der Waals surface area contributed by atoms with Crippen LogP contribution < -0.4 is 14.8 Å². The summed E-state index contributed by atoms with van der Waals surface area (Å²) in [6.45, 7) is 2.31. The lowest BCUT2D eigenvalue weighted by Crippen LogP contribution is -2.26.